The molecule has 15 heavy (non-hydrogen) atoms. The average Bonchev–Trinajstić information content (AvgIpc) is 2.57. The van der Waals surface area contributed by atoms with E-state index in [4.69, 9.17) is 0 Å². The van der Waals surface area contributed by atoms with Crippen molar-refractivity contribution in [2.24, 2.45) is 0 Å². The van der Waals surface area contributed by atoms with Crippen molar-refractivity contribution in [2.45, 2.75) is 19.9 Å². The highest BCUT2D eigenvalue weighted by Gasteiger charge is 1.95. The summed E-state index contributed by atoms with van der Waals surface area (Å²) in [6, 6.07) is 0. The molecular formula is C11H22N4. The topological polar surface area (TPSA) is 33.1 Å². The molecule has 0 unspecified atom stereocenters. The van der Waals surface area contributed by atoms with Crippen LogP contribution in [0.2, 0.25) is 0 Å². The van der Waals surface area contributed by atoms with Crippen LogP contribution in [0.4, 0.5) is 0 Å². The number of hydrogen-bond acceptors (Lipinski definition) is 3. The Morgan fingerprint density at radius 1 is 1.40 bits per heavy atom. The summed E-state index contributed by atoms with van der Waals surface area (Å²) >= 11 is 0. The lowest BCUT2D eigenvalue weighted by molar-refractivity contribution is 0.393. The first-order chi connectivity index (χ1) is 7.20. The lowest BCUT2D eigenvalue weighted by Crippen LogP contribution is -2.24. The van der Waals surface area contributed by atoms with Crippen LogP contribution in [0.3, 0.4) is 0 Å². The van der Waals surface area contributed by atoms with Crippen LogP contribution in [0, 0.1) is 6.92 Å². The van der Waals surface area contributed by atoms with E-state index in [2.05, 4.69) is 33.9 Å². The molecule has 0 aliphatic heterocycles. The lowest BCUT2D eigenvalue weighted by atomic mass is 10.4. The van der Waals surface area contributed by atoms with E-state index in [-0.39, 0.29) is 0 Å². The van der Waals surface area contributed by atoms with Gasteiger partial charge >= 0.3 is 0 Å². The minimum absolute atomic E-state index is 1.01. The third-order valence-electron chi connectivity index (χ3n) is 2.41. The number of rotatable bonds is 7. The summed E-state index contributed by atoms with van der Waals surface area (Å²) in [5.41, 5.74) is 0. The van der Waals surface area contributed by atoms with Gasteiger partial charge in [0.25, 0.3) is 0 Å². The van der Waals surface area contributed by atoms with Crippen LogP contribution in [0.5, 0.6) is 0 Å². The van der Waals surface area contributed by atoms with Crippen molar-refractivity contribution < 1.29 is 0 Å². The Balaban J connectivity index is 2.00. The van der Waals surface area contributed by atoms with Crippen molar-refractivity contribution in [3.63, 3.8) is 0 Å². The van der Waals surface area contributed by atoms with E-state index in [0.29, 0.717) is 0 Å². The van der Waals surface area contributed by atoms with Crippen LogP contribution in [0.15, 0.2) is 12.4 Å². The molecule has 4 heteroatoms. The maximum absolute atomic E-state index is 4.18. The van der Waals surface area contributed by atoms with E-state index in [1.165, 1.54) is 6.42 Å². The molecule has 1 rings (SSSR count). The predicted molar refractivity (Wildman–Crippen MR) is 63.0 cm³/mol. The Labute approximate surface area is 92.3 Å². The highest BCUT2D eigenvalue weighted by atomic mass is 15.1. The molecule has 0 aromatic carbocycles. The van der Waals surface area contributed by atoms with Gasteiger partial charge in [0.2, 0.25) is 0 Å². The Kier molecular flexibility index (Phi) is 5.36. The summed E-state index contributed by atoms with van der Waals surface area (Å²) in [6.07, 6.45) is 5.08. The van der Waals surface area contributed by atoms with Gasteiger partial charge in [-0.3, -0.25) is 0 Å². The molecule has 0 bridgehead atoms. The smallest absolute Gasteiger partial charge is 0.105 e. The molecular weight excluding hydrogens is 188 g/mol. The number of imidazole rings is 1. The second-order valence-electron chi connectivity index (χ2n) is 4.07. The fraction of sp³-hybridized carbons (Fsp3) is 0.727. The fourth-order valence-corrected chi connectivity index (χ4v) is 1.48. The van der Waals surface area contributed by atoms with Gasteiger partial charge in [-0.05, 0) is 40.5 Å². The van der Waals surface area contributed by atoms with E-state index in [9.17, 15) is 0 Å². The van der Waals surface area contributed by atoms with E-state index >= 15 is 0 Å². The molecule has 0 radical (unpaired) electrons. The minimum Gasteiger partial charge on any atom is -0.334 e. The quantitative estimate of drug-likeness (QED) is 0.674. The minimum atomic E-state index is 1.01. The molecule has 1 heterocycles. The van der Waals surface area contributed by atoms with Gasteiger partial charge in [0.1, 0.15) is 5.82 Å². The maximum Gasteiger partial charge on any atom is 0.105 e. The van der Waals surface area contributed by atoms with E-state index in [0.717, 1.165) is 32.0 Å². The van der Waals surface area contributed by atoms with Crippen molar-refractivity contribution >= 4 is 0 Å². The molecule has 0 atom stereocenters. The number of nitrogens with zero attached hydrogens (tertiary/aromatic N) is 3. The number of hydrogen-bond donors (Lipinski definition) is 1. The van der Waals surface area contributed by atoms with Gasteiger partial charge in [-0.1, -0.05) is 0 Å². The third-order valence-corrected chi connectivity index (χ3v) is 2.41. The SMILES string of the molecule is Cc1nccn1CCNCCCN(C)C. The summed E-state index contributed by atoms with van der Waals surface area (Å²) in [5.74, 6) is 1.09. The first-order valence-corrected chi connectivity index (χ1v) is 5.53. The van der Waals surface area contributed by atoms with Crippen LogP contribution in [-0.2, 0) is 6.54 Å². The molecule has 0 amide bonds. The van der Waals surface area contributed by atoms with Crippen molar-refractivity contribution in [1.82, 2.24) is 19.8 Å². The van der Waals surface area contributed by atoms with Crippen LogP contribution < -0.4 is 5.32 Å². The fourth-order valence-electron chi connectivity index (χ4n) is 1.48. The number of aromatic nitrogens is 2. The van der Waals surface area contributed by atoms with Crippen LogP contribution in [-0.4, -0.2) is 48.2 Å². The standard InChI is InChI=1S/C11H22N4/c1-11-13-7-10-15(11)9-6-12-5-4-8-14(2)3/h7,10,12H,4-6,8-9H2,1-3H3. The third kappa shape index (κ3) is 4.95. The van der Waals surface area contributed by atoms with E-state index in [1.807, 2.05) is 19.3 Å². The van der Waals surface area contributed by atoms with Crippen molar-refractivity contribution in [3.05, 3.63) is 18.2 Å². The maximum atomic E-state index is 4.18. The average molecular weight is 210 g/mol. The van der Waals surface area contributed by atoms with E-state index in [1.54, 1.807) is 0 Å². The normalized spacial score (nSPS) is 11.2. The van der Waals surface area contributed by atoms with Crippen molar-refractivity contribution in [1.29, 1.82) is 0 Å². The summed E-state index contributed by atoms with van der Waals surface area (Å²) in [6.45, 7) is 6.30. The molecule has 86 valence electrons. The zero-order chi connectivity index (χ0) is 11.1. The number of nitrogens with one attached hydrogen (secondary N) is 1. The first-order valence-electron chi connectivity index (χ1n) is 5.53. The summed E-state index contributed by atoms with van der Waals surface area (Å²) in [4.78, 5) is 6.39. The molecule has 0 saturated carbocycles. The van der Waals surface area contributed by atoms with Crippen molar-refractivity contribution in [3.8, 4) is 0 Å². The van der Waals surface area contributed by atoms with Crippen molar-refractivity contribution in [2.75, 3.05) is 33.7 Å². The molecule has 0 aliphatic carbocycles. The Morgan fingerprint density at radius 3 is 2.80 bits per heavy atom. The van der Waals surface area contributed by atoms with Gasteiger partial charge in [-0.15, -0.1) is 0 Å². The molecule has 0 spiro atoms. The van der Waals surface area contributed by atoms with E-state index < -0.39 is 0 Å². The molecule has 1 N–H and O–H groups in total. The zero-order valence-corrected chi connectivity index (χ0v) is 10.0. The zero-order valence-electron chi connectivity index (χ0n) is 10.0. The Hall–Kier alpha value is -0.870. The monoisotopic (exact) mass is 210 g/mol. The lowest BCUT2D eigenvalue weighted by Gasteiger charge is -2.10. The van der Waals surface area contributed by atoms with Gasteiger partial charge < -0.3 is 14.8 Å². The molecule has 1 aromatic rings. The van der Waals surface area contributed by atoms with Gasteiger partial charge in [-0.2, -0.15) is 0 Å². The molecule has 0 aliphatic rings. The van der Waals surface area contributed by atoms with Gasteiger partial charge in [0, 0.05) is 25.5 Å². The van der Waals surface area contributed by atoms with Gasteiger partial charge in [-0.25, -0.2) is 4.98 Å². The Bertz CT molecular complexity index is 267. The molecule has 0 saturated heterocycles. The highest BCUT2D eigenvalue weighted by molar-refractivity contribution is 4.88. The number of aryl methyl sites for hydroxylation is 1. The van der Waals surface area contributed by atoms with Crippen LogP contribution in [0.25, 0.3) is 0 Å². The summed E-state index contributed by atoms with van der Waals surface area (Å²) in [5, 5.41) is 3.43. The van der Waals surface area contributed by atoms with Crippen LogP contribution in [0.1, 0.15) is 12.2 Å². The van der Waals surface area contributed by atoms with Crippen LogP contribution >= 0.6 is 0 Å². The van der Waals surface area contributed by atoms with Gasteiger partial charge in [0.05, 0.1) is 0 Å². The predicted octanol–water partition coefficient (Wildman–Crippen LogP) is 0.733. The summed E-state index contributed by atoms with van der Waals surface area (Å²) < 4.78 is 2.17. The molecule has 4 nitrogen and oxygen atoms in total. The molecule has 1 aromatic heterocycles. The van der Waals surface area contributed by atoms with Gasteiger partial charge in [0.15, 0.2) is 0 Å². The summed E-state index contributed by atoms with van der Waals surface area (Å²) in [7, 11) is 4.21. The first kappa shape index (κ1) is 12.2. The molecule has 0 fully saturated rings. The second kappa shape index (κ2) is 6.58. The Morgan fingerprint density at radius 2 is 2.20 bits per heavy atom. The highest BCUT2D eigenvalue weighted by Crippen LogP contribution is 1.93. The largest absolute Gasteiger partial charge is 0.334 e. The second-order valence-corrected chi connectivity index (χ2v) is 4.07.